The molecule has 0 aliphatic carbocycles. The van der Waals surface area contributed by atoms with Gasteiger partial charge in [0.2, 0.25) is 11.8 Å². The van der Waals surface area contributed by atoms with Crippen LogP contribution in [0.4, 0.5) is 0 Å². The van der Waals surface area contributed by atoms with Crippen LogP contribution in [0.3, 0.4) is 0 Å². The van der Waals surface area contributed by atoms with Crippen LogP contribution in [-0.2, 0) is 19.4 Å². The Labute approximate surface area is 127 Å². The standard InChI is InChI=1S/C14H26N2O4S/c1-6-10(3)11-12(17)16(8-9-21(19,20)7-2)14(4,5)13(18)15-11/h10-11H,6-9H2,1-5H3,(H,15,18). The maximum atomic E-state index is 12.6. The van der Waals surface area contributed by atoms with E-state index in [1.54, 1.807) is 20.8 Å². The fourth-order valence-corrected chi connectivity index (χ4v) is 3.08. The fraction of sp³-hybridized carbons (Fsp3) is 0.857. The van der Waals surface area contributed by atoms with Crippen molar-refractivity contribution in [1.82, 2.24) is 10.2 Å². The van der Waals surface area contributed by atoms with Crippen LogP contribution in [0.25, 0.3) is 0 Å². The van der Waals surface area contributed by atoms with E-state index >= 15 is 0 Å². The molecule has 0 spiro atoms. The molecule has 0 radical (unpaired) electrons. The minimum absolute atomic E-state index is 0.0165. The van der Waals surface area contributed by atoms with Gasteiger partial charge in [0.25, 0.3) is 0 Å². The number of nitrogens with zero attached hydrogens (tertiary/aromatic N) is 1. The molecule has 0 aromatic rings. The number of piperazine rings is 1. The van der Waals surface area contributed by atoms with E-state index in [1.807, 2.05) is 13.8 Å². The van der Waals surface area contributed by atoms with Crippen LogP contribution in [0.15, 0.2) is 0 Å². The first-order valence-corrected chi connectivity index (χ1v) is 9.21. The number of hydrogen-bond acceptors (Lipinski definition) is 4. The van der Waals surface area contributed by atoms with Crippen LogP contribution in [0, 0.1) is 5.92 Å². The Morgan fingerprint density at radius 1 is 1.29 bits per heavy atom. The van der Waals surface area contributed by atoms with Gasteiger partial charge in [-0.15, -0.1) is 0 Å². The molecule has 6 nitrogen and oxygen atoms in total. The van der Waals surface area contributed by atoms with Gasteiger partial charge in [0.15, 0.2) is 9.84 Å². The van der Waals surface area contributed by atoms with E-state index in [2.05, 4.69) is 5.32 Å². The third-order valence-electron chi connectivity index (χ3n) is 4.33. The zero-order chi connectivity index (χ0) is 16.4. The summed E-state index contributed by atoms with van der Waals surface area (Å²) >= 11 is 0. The summed E-state index contributed by atoms with van der Waals surface area (Å²) in [6.45, 7) is 8.78. The van der Waals surface area contributed by atoms with E-state index in [9.17, 15) is 18.0 Å². The summed E-state index contributed by atoms with van der Waals surface area (Å²) in [6.07, 6.45) is 0.762. The summed E-state index contributed by atoms with van der Waals surface area (Å²) in [5.41, 5.74) is -1.02. The Kier molecular flexibility index (Phi) is 5.41. The number of amides is 2. The lowest BCUT2D eigenvalue weighted by atomic mass is 9.89. The van der Waals surface area contributed by atoms with Crippen LogP contribution in [-0.4, -0.2) is 54.8 Å². The van der Waals surface area contributed by atoms with Gasteiger partial charge in [0.05, 0.1) is 5.75 Å². The van der Waals surface area contributed by atoms with E-state index in [4.69, 9.17) is 0 Å². The van der Waals surface area contributed by atoms with Crippen molar-refractivity contribution in [3.63, 3.8) is 0 Å². The van der Waals surface area contributed by atoms with Gasteiger partial charge in [0, 0.05) is 12.3 Å². The second kappa shape index (κ2) is 6.34. The summed E-state index contributed by atoms with van der Waals surface area (Å²) in [7, 11) is -3.18. The van der Waals surface area contributed by atoms with Gasteiger partial charge in [-0.3, -0.25) is 9.59 Å². The van der Waals surface area contributed by atoms with Gasteiger partial charge in [-0.25, -0.2) is 8.42 Å². The molecule has 2 unspecified atom stereocenters. The van der Waals surface area contributed by atoms with E-state index in [0.717, 1.165) is 6.42 Å². The molecular formula is C14H26N2O4S. The van der Waals surface area contributed by atoms with Crippen molar-refractivity contribution in [2.24, 2.45) is 5.92 Å². The Hall–Kier alpha value is -1.11. The van der Waals surface area contributed by atoms with E-state index in [-0.39, 0.29) is 35.8 Å². The highest BCUT2D eigenvalue weighted by Gasteiger charge is 2.47. The van der Waals surface area contributed by atoms with Crippen LogP contribution in [0.5, 0.6) is 0 Å². The van der Waals surface area contributed by atoms with Crippen LogP contribution in [0.1, 0.15) is 41.0 Å². The zero-order valence-electron chi connectivity index (χ0n) is 13.5. The molecule has 7 heteroatoms. The average molecular weight is 318 g/mol. The second-order valence-electron chi connectivity index (χ2n) is 6.12. The number of hydrogen-bond donors (Lipinski definition) is 1. The van der Waals surface area contributed by atoms with E-state index in [0.29, 0.717) is 0 Å². The van der Waals surface area contributed by atoms with Gasteiger partial charge in [-0.2, -0.15) is 0 Å². The van der Waals surface area contributed by atoms with Gasteiger partial charge in [-0.05, 0) is 19.8 Å². The summed E-state index contributed by atoms with van der Waals surface area (Å²) in [4.78, 5) is 26.3. The Bertz CT molecular complexity index is 513. The fourth-order valence-electron chi connectivity index (χ4n) is 2.33. The normalized spacial score (nSPS) is 23.9. The van der Waals surface area contributed by atoms with Crippen LogP contribution in [0.2, 0.25) is 0 Å². The maximum Gasteiger partial charge on any atom is 0.246 e. The Morgan fingerprint density at radius 2 is 1.86 bits per heavy atom. The molecule has 1 fully saturated rings. The molecule has 1 aliphatic heterocycles. The van der Waals surface area contributed by atoms with Crippen LogP contribution < -0.4 is 5.32 Å². The molecule has 1 N–H and O–H groups in total. The van der Waals surface area contributed by atoms with E-state index in [1.165, 1.54) is 4.90 Å². The minimum atomic E-state index is -3.18. The third kappa shape index (κ3) is 3.75. The SMILES string of the molecule is CCC(C)C1NC(=O)C(C)(C)N(CCS(=O)(=O)CC)C1=O. The molecule has 122 valence electrons. The molecule has 21 heavy (non-hydrogen) atoms. The Morgan fingerprint density at radius 3 is 2.33 bits per heavy atom. The first-order chi connectivity index (χ1) is 9.56. The zero-order valence-corrected chi connectivity index (χ0v) is 14.3. The lowest BCUT2D eigenvalue weighted by Crippen LogP contribution is -2.70. The van der Waals surface area contributed by atoms with Crippen LogP contribution >= 0.6 is 0 Å². The van der Waals surface area contributed by atoms with Gasteiger partial charge in [-0.1, -0.05) is 27.2 Å². The largest absolute Gasteiger partial charge is 0.342 e. The molecular weight excluding hydrogens is 292 g/mol. The quantitative estimate of drug-likeness (QED) is 0.776. The van der Waals surface area contributed by atoms with Crippen molar-refractivity contribution in [3.8, 4) is 0 Å². The molecule has 0 aromatic heterocycles. The molecule has 2 amide bonds. The minimum Gasteiger partial charge on any atom is -0.342 e. The topological polar surface area (TPSA) is 83.6 Å². The first kappa shape index (κ1) is 17.9. The monoisotopic (exact) mass is 318 g/mol. The van der Waals surface area contributed by atoms with E-state index < -0.39 is 21.4 Å². The number of nitrogens with one attached hydrogen (secondary N) is 1. The molecule has 1 saturated heterocycles. The lowest BCUT2D eigenvalue weighted by molar-refractivity contribution is -0.156. The van der Waals surface area contributed by atoms with Crippen molar-refractivity contribution in [3.05, 3.63) is 0 Å². The number of carbonyl (C=O) groups excluding carboxylic acids is 2. The molecule has 0 aromatic carbocycles. The van der Waals surface area contributed by atoms with Crippen molar-refractivity contribution >= 4 is 21.7 Å². The van der Waals surface area contributed by atoms with Crippen molar-refractivity contribution in [2.45, 2.75) is 52.6 Å². The maximum absolute atomic E-state index is 12.6. The summed E-state index contributed by atoms with van der Waals surface area (Å²) in [5, 5.41) is 2.77. The first-order valence-electron chi connectivity index (χ1n) is 7.39. The molecule has 1 heterocycles. The number of carbonyl (C=O) groups is 2. The Balaban J connectivity index is 3.00. The highest BCUT2D eigenvalue weighted by molar-refractivity contribution is 7.91. The number of rotatable bonds is 6. The molecule has 0 saturated carbocycles. The molecule has 0 bridgehead atoms. The summed E-state index contributed by atoms with van der Waals surface area (Å²) < 4.78 is 23.3. The van der Waals surface area contributed by atoms with Crippen molar-refractivity contribution < 1.29 is 18.0 Å². The lowest BCUT2D eigenvalue weighted by Gasteiger charge is -2.45. The third-order valence-corrected chi connectivity index (χ3v) is 6.01. The summed E-state index contributed by atoms with van der Waals surface area (Å²) in [5.74, 6) is -0.486. The predicted octanol–water partition coefficient (Wildman–Crippen LogP) is 0.573. The van der Waals surface area contributed by atoms with Crippen molar-refractivity contribution in [2.75, 3.05) is 18.1 Å². The highest BCUT2D eigenvalue weighted by atomic mass is 32.2. The van der Waals surface area contributed by atoms with Gasteiger partial charge in [0.1, 0.15) is 11.6 Å². The predicted molar refractivity (Wildman–Crippen MR) is 81.5 cm³/mol. The second-order valence-corrected chi connectivity index (χ2v) is 8.59. The smallest absolute Gasteiger partial charge is 0.246 e. The average Bonchev–Trinajstić information content (AvgIpc) is 2.41. The van der Waals surface area contributed by atoms with Crippen molar-refractivity contribution in [1.29, 1.82) is 0 Å². The molecule has 1 aliphatic rings. The number of sulfone groups is 1. The molecule has 1 rings (SSSR count). The highest BCUT2D eigenvalue weighted by Crippen LogP contribution is 2.24. The molecule has 2 atom stereocenters. The summed E-state index contributed by atoms with van der Waals surface area (Å²) in [6, 6.07) is -0.570. The van der Waals surface area contributed by atoms with Gasteiger partial charge < -0.3 is 10.2 Å². The van der Waals surface area contributed by atoms with Gasteiger partial charge >= 0.3 is 0 Å².